The maximum Gasteiger partial charge on any atom is 0.178 e. The predicted octanol–water partition coefficient (Wildman–Crippen LogP) is 4.65. The molecule has 24 heavy (non-hydrogen) atoms. The fourth-order valence-corrected chi connectivity index (χ4v) is 2.27. The molecular formula is C20H24N2O2. The van der Waals surface area contributed by atoms with Gasteiger partial charge in [-0.15, -0.1) is 0 Å². The van der Waals surface area contributed by atoms with Crippen LogP contribution in [0.3, 0.4) is 0 Å². The van der Waals surface area contributed by atoms with E-state index in [4.69, 9.17) is 4.74 Å². The minimum absolute atomic E-state index is 0.0784. The number of ketones is 1. The lowest BCUT2D eigenvalue weighted by Gasteiger charge is -2.19. The first kappa shape index (κ1) is 17.9. The van der Waals surface area contributed by atoms with Crippen LogP contribution in [-0.2, 0) is 10.2 Å². The first-order valence-corrected chi connectivity index (χ1v) is 8.05. The molecule has 0 aliphatic rings. The quantitative estimate of drug-likeness (QED) is 0.593. The molecule has 0 bridgehead atoms. The van der Waals surface area contributed by atoms with E-state index in [1.54, 1.807) is 6.07 Å². The van der Waals surface area contributed by atoms with Crippen LogP contribution in [0.5, 0.6) is 0 Å². The van der Waals surface area contributed by atoms with E-state index in [9.17, 15) is 4.79 Å². The number of hydrogen-bond acceptors (Lipinski definition) is 4. The average molecular weight is 324 g/mol. The Morgan fingerprint density at radius 3 is 2.21 bits per heavy atom. The Hall–Kier alpha value is -2.49. The van der Waals surface area contributed by atoms with E-state index >= 15 is 0 Å². The van der Waals surface area contributed by atoms with Crippen molar-refractivity contribution in [2.45, 2.75) is 40.0 Å². The number of ether oxygens (including phenoxy) is 1. The normalized spacial score (nSPS) is 11.2. The maximum atomic E-state index is 11.8. The lowest BCUT2D eigenvalue weighted by atomic mass is 9.86. The van der Waals surface area contributed by atoms with Crippen LogP contribution in [0.15, 0.2) is 36.9 Å². The van der Waals surface area contributed by atoms with Crippen molar-refractivity contribution in [2.75, 3.05) is 6.61 Å². The third-order valence-corrected chi connectivity index (χ3v) is 3.70. The molecule has 0 aliphatic heterocycles. The molecule has 2 aromatic rings. The Bertz CT molecular complexity index is 756. The van der Waals surface area contributed by atoms with Crippen molar-refractivity contribution in [3.8, 4) is 11.4 Å². The van der Waals surface area contributed by atoms with E-state index in [-0.39, 0.29) is 11.2 Å². The average Bonchev–Trinajstić information content (AvgIpc) is 2.54. The lowest BCUT2D eigenvalue weighted by molar-refractivity contribution is 0.101. The number of rotatable bonds is 5. The van der Waals surface area contributed by atoms with Crippen molar-refractivity contribution in [1.29, 1.82) is 0 Å². The van der Waals surface area contributed by atoms with Crippen LogP contribution in [0.1, 0.15) is 56.4 Å². The Labute approximate surface area is 143 Å². The molecule has 0 atom stereocenters. The third-order valence-electron chi connectivity index (χ3n) is 3.70. The largest absolute Gasteiger partial charge is 0.492 e. The summed E-state index contributed by atoms with van der Waals surface area (Å²) >= 11 is 0. The zero-order valence-electron chi connectivity index (χ0n) is 15.0. The number of aromatic nitrogens is 2. The van der Waals surface area contributed by atoms with Gasteiger partial charge in [0.05, 0.1) is 6.61 Å². The Morgan fingerprint density at radius 2 is 1.71 bits per heavy atom. The van der Waals surface area contributed by atoms with E-state index < -0.39 is 0 Å². The number of Topliss-reactive ketones (excluding diaryl/α,β-unsaturated/α-hetero) is 1. The van der Waals surface area contributed by atoms with Crippen molar-refractivity contribution in [3.63, 3.8) is 0 Å². The second-order valence-electron chi connectivity index (χ2n) is 6.70. The summed E-state index contributed by atoms with van der Waals surface area (Å²) in [6, 6.07) is 9.71. The zero-order valence-corrected chi connectivity index (χ0v) is 15.0. The molecular weight excluding hydrogens is 300 g/mol. The molecule has 0 N–H and O–H groups in total. The molecule has 1 aromatic heterocycles. The van der Waals surface area contributed by atoms with Crippen molar-refractivity contribution in [2.24, 2.45) is 0 Å². The van der Waals surface area contributed by atoms with Crippen molar-refractivity contribution >= 4 is 11.5 Å². The fraction of sp³-hybridized carbons (Fsp3) is 0.350. The Morgan fingerprint density at radius 1 is 1.12 bits per heavy atom. The van der Waals surface area contributed by atoms with Gasteiger partial charge in [-0.1, -0.05) is 51.6 Å². The van der Waals surface area contributed by atoms with Gasteiger partial charge in [0.2, 0.25) is 0 Å². The summed E-state index contributed by atoms with van der Waals surface area (Å²) in [7, 11) is 0. The van der Waals surface area contributed by atoms with Gasteiger partial charge in [-0.25, -0.2) is 9.97 Å². The molecule has 0 radical (unpaired) electrons. The minimum atomic E-state index is -0.115. The highest BCUT2D eigenvalue weighted by Gasteiger charge is 2.15. The van der Waals surface area contributed by atoms with E-state index in [1.807, 2.05) is 19.1 Å². The van der Waals surface area contributed by atoms with Crippen LogP contribution in [0.4, 0.5) is 0 Å². The highest BCUT2D eigenvalue weighted by Crippen LogP contribution is 2.25. The van der Waals surface area contributed by atoms with Gasteiger partial charge in [0.15, 0.2) is 11.6 Å². The molecule has 0 saturated carbocycles. The molecule has 0 aliphatic carbocycles. The fourth-order valence-electron chi connectivity index (χ4n) is 2.27. The topological polar surface area (TPSA) is 52.1 Å². The molecule has 2 rings (SSSR count). The Balaban J connectivity index is 2.49. The van der Waals surface area contributed by atoms with Gasteiger partial charge in [0.1, 0.15) is 17.1 Å². The second kappa shape index (κ2) is 6.95. The number of nitrogens with zero attached hydrogens (tertiary/aromatic N) is 2. The number of carbonyl (C=O) groups is 1. The second-order valence-corrected chi connectivity index (χ2v) is 6.70. The van der Waals surface area contributed by atoms with Gasteiger partial charge < -0.3 is 4.74 Å². The molecule has 1 aromatic carbocycles. The van der Waals surface area contributed by atoms with Gasteiger partial charge >= 0.3 is 0 Å². The van der Waals surface area contributed by atoms with Gasteiger partial charge in [-0.2, -0.15) is 0 Å². The molecule has 0 saturated heterocycles. The summed E-state index contributed by atoms with van der Waals surface area (Å²) in [6.45, 7) is 14.2. The van der Waals surface area contributed by atoms with Gasteiger partial charge in [0.25, 0.3) is 0 Å². The molecule has 0 spiro atoms. The van der Waals surface area contributed by atoms with Gasteiger partial charge in [-0.05, 0) is 24.0 Å². The molecule has 4 nitrogen and oxygen atoms in total. The molecule has 4 heteroatoms. The third kappa shape index (κ3) is 4.07. The number of carbonyl (C=O) groups excluding carboxylic acids is 1. The maximum absolute atomic E-state index is 11.8. The highest BCUT2D eigenvalue weighted by atomic mass is 16.5. The molecule has 0 fully saturated rings. The SMILES string of the molecule is C=C(OCC)c1cc(C(C)=O)nc(-c2ccc(C(C)(C)C)cc2)n1. The first-order valence-electron chi connectivity index (χ1n) is 8.05. The number of benzene rings is 1. The van der Waals surface area contributed by atoms with Crippen LogP contribution in [0.2, 0.25) is 0 Å². The summed E-state index contributed by atoms with van der Waals surface area (Å²) in [5.74, 6) is 0.824. The molecule has 0 unspecified atom stereocenters. The summed E-state index contributed by atoms with van der Waals surface area (Å²) in [5, 5.41) is 0. The summed E-state index contributed by atoms with van der Waals surface area (Å²) < 4.78 is 5.42. The van der Waals surface area contributed by atoms with Gasteiger partial charge in [0, 0.05) is 12.5 Å². The van der Waals surface area contributed by atoms with Crippen LogP contribution >= 0.6 is 0 Å². The zero-order chi connectivity index (χ0) is 17.9. The van der Waals surface area contributed by atoms with Crippen LogP contribution < -0.4 is 0 Å². The van der Waals surface area contributed by atoms with E-state index in [0.717, 1.165) is 5.56 Å². The van der Waals surface area contributed by atoms with E-state index in [1.165, 1.54) is 12.5 Å². The molecule has 0 amide bonds. The van der Waals surface area contributed by atoms with Gasteiger partial charge in [-0.3, -0.25) is 4.79 Å². The van der Waals surface area contributed by atoms with Crippen LogP contribution in [-0.4, -0.2) is 22.4 Å². The summed E-state index contributed by atoms with van der Waals surface area (Å²) in [4.78, 5) is 20.7. The predicted molar refractivity (Wildman–Crippen MR) is 96.8 cm³/mol. The van der Waals surface area contributed by atoms with E-state index in [2.05, 4.69) is 49.5 Å². The van der Waals surface area contributed by atoms with Crippen molar-refractivity contribution in [3.05, 3.63) is 53.9 Å². The smallest absolute Gasteiger partial charge is 0.178 e. The van der Waals surface area contributed by atoms with Crippen LogP contribution in [0, 0.1) is 0 Å². The van der Waals surface area contributed by atoms with Crippen molar-refractivity contribution < 1.29 is 9.53 Å². The lowest BCUT2D eigenvalue weighted by Crippen LogP contribution is -2.10. The highest BCUT2D eigenvalue weighted by molar-refractivity contribution is 5.93. The van der Waals surface area contributed by atoms with Crippen LogP contribution in [0.25, 0.3) is 17.1 Å². The standard InChI is InChI=1S/C20H24N2O2/c1-7-24-14(3)18-12-17(13(2)23)21-19(22-18)15-8-10-16(11-9-15)20(4,5)6/h8-12H,3,7H2,1-2,4-6H3. The summed E-state index contributed by atoms with van der Waals surface area (Å²) in [6.07, 6.45) is 0. The molecule has 1 heterocycles. The Kier molecular flexibility index (Phi) is 5.17. The van der Waals surface area contributed by atoms with E-state index in [0.29, 0.717) is 29.6 Å². The minimum Gasteiger partial charge on any atom is -0.492 e. The monoisotopic (exact) mass is 324 g/mol. The molecule has 126 valence electrons. The first-order chi connectivity index (χ1) is 11.2. The number of hydrogen-bond donors (Lipinski definition) is 0. The summed E-state index contributed by atoms with van der Waals surface area (Å²) in [5.41, 5.74) is 3.06. The van der Waals surface area contributed by atoms with Crippen molar-refractivity contribution in [1.82, 2.24) is 9.97 Å².